The summed E-state index contributed by atoms with van der Waals surface area (Å²) in [6, 6.07) is 0.823. The Bertz CT molecular complexity index is 378. The second kappa shape index (κ2) is 12.5. The van der Waals surface area contributed by atoms with Crippen molar-refractivity contribution in [1.29, 1.82) is 0 Å². The minimum Gasteiger partial charge on any atom is -0.308 e. The number of hydrogen-bond donors (Lipinski definition) is 1. The third-order valence-corrected chi connectivity index (χ3v) is 8.03. The van der Waals surface area contributed by atoms with E-state index in [1.807, 2.05) is 0 Å². The van der Waals surface area contributed by atoms with Gasteiger partial charge in [0.1, 0.15) is 0 Å². The number of hydrogen-bond acceptors (Lipinski definition) is 1. The molecule has 160 valence electrons. The first-order chi connectivity index (χ1) is 13.2. The van der Waals surface area contributed by atoms with Crippen LogP contribution >= 0.6 is 0 Å². The quantitative estimate of drug-likeness (QED) is 0.318. The average molecular weight is 378 g/mol. The topological polar surface area (TPSA) is 12.0 Å². The van der Waals surface area contributed by atoms with Crippen LogP contribution in [0.1, 0.15) is 137 Å². The molecule has 1 saturated carbocycles. The minimum atomic E-state index is 0.400. The second-order valence-electron chi connectivity index (χ2n) is 10.2. The van der Waals surface area contributed by atoms with E-state index in [-0.39, 0.29) is 0 Å². The molecular formula is C26H51N. The molecule has 0 aromatic heterocycles. The van der Waals surface area contributed by atoms with Gasteiger partial charge in [0, 0.05) is 11.6 Å². The van der Waals surface area contributed by atoms with Crippen molar-refractivity contribution in [2.24, 2.45) is 17.8 Å². The molecule has 1 saturated heterocycles. The van der Waals surface area contributed by atoms with Crippen LogP contribution in [0.15, 0.2) is 0 Å². The fraction of sp³-hybridized carbons (Fsp3) is 1.00. The van der Waals surface area contributed by atoms with Crippen LogP contribution in [0.3, 0.4) is 0 Å². The Morgan fingerprint density at radius 1 is 0.741 bits per heavy atom. The summed E-state index contributed by atoms with van der Waals surface area (Å²) >= 11 is 0. The van der Waals surface area contributed by atoms with Crippen LogP contribution in [-0.2, 0) is 0 Å². The van der Waals surface area contributed by atoms with Crippen molar-refractivity contribution in [2.75, 3.05) is 0 Å². The molecule has 5 unspecified atom stereocenters. The summed E-state index contributed by atoms with van der Waals surface area (Å²) in [4.78, 5) is 0. The van der Waals surface area contributed by atoms with Crippen molar-refractivity contribution in [2.45, 2.75) is 148 Å². The van der Waals surface area contributed by atoms with Crippen LogP contribution in [0.5, 0.6) is 0 Å². The van der Waals surface area contributed by atoms with Gasteiger partial charge in [-0.2, -0.15) is 0 Å². The number of fused-ring (bicyclic) bond motifs is 1. The fourth-order valence-corrected chi connectivity index (χ4v) is 6.51. The predicted octanol–water partition coefficient (Wildman–Crippen LogP) is 8.27. The molecule has 1 heterocycles. The minimum absolute atomic E-state index is 0.400. The van der Waals surface area contributed by atoms with E-state index in [1.165, 1.54) is 109 Å². The van der Waals surface area contributed by atoms with Gasteiger partial charge in [-0.1, -0.05) is 97.8 Å². The molecule has 0 bridgehead atoms. The van der Waals surface area contributed by atoms with Crippen molar-refractivity contribution in [3.8, 4) is 0 Å². The van der Waals surface area contributed by atoms with E-state index in [9.17, 15) is 0 Å². The second-order valence-corrected chi connectivity index (χ2v) is 10.2. The number of piperidine rings is 1. The maximum absolute atomic E-state index is 4.30. The van der Waals surface area contributed by atoms with Gasteiger partial charge >= 0.3 is 0 Å². The molecule has 0 amide bonds. The summed E-state index contributed by atoms with van der Waals surface area (Å²) < 4.78 is 0. The Hall–Kier alpha value is -0.0400. The Morgan fingerprint density at radius 3 is 2.11 bits per heavy atom. The van der Waals surface area contributed by atoms with Gasteiger partial charge in [-0.05, 0) is 56.8 Å². The largest absolute Gasteiger partial charge is 0.308 e. The lowest BCUT2D eigenvalue weighted by Gasteiger charge is -2.56. The summed E-state index contributed by atoms with van der Waals surface area (Å²) in [5.41, 5.74) is 0.400. The molecule has 2 fully saturated rings. The Morgan fingerprint density at radius 2 is 1.41 bits per heavy atom. The normalized spacial score (nSPS) is 33.8. The molecule has 1 N–H and O–H groups in total. The van der Waals surface area contributed by atoms with E-state index < -0.39 is 0 Å². The summed E-state index contributed by atoms with van der Waals surface area (Å²) in [5.74, 6) is 2.89. The standard InChI is InChI=1S/C26H51N/c1-5-8-11-13-17-22-23-18-14-15-20-25(23)27-26(4,21-16-12-9-6-2)24(22)19-10-7-3/h22-25,27H,5-21H2,1-4H3. The third-order valence-electron chi connectivity index (χ3n) is 8.03. The van der Waals surface area contributed by atoms with E-state index in [0.717, 1.165) is 23.8 Å². The van der Waals surface area contributed by atoms with E-state index in [1.54, 1.807) is 0 Å². The van der Waals surface area contributed by atoms with Crippen molar-refractivity contribution >= 4 is 0 Å². The van der Waals surface area contributed by atoms with Gasteiger partial charge in [0.2, 0.25) is 0 Å². The first-order valence-corrected chi connectivity index (χ1v) is 12.9. The van der Waals surface area contributed by atoms with Crippen LogP contribution < -0.4 is 5.32 Å². The van der Waals surface area contributed by atoms with Crippen LogP contribution in [0.25, 0.3) is 0 Å². The predicted molar refractivity (Wildman–Crippen MR) is 121 cm³/mol. The third kappa shape index (κ3) is 6.76. The van der Waals surface area contributed by atoms with Gasteiger partial charge in [0.05, 0.1) is 0 Å². The zero-order chi connectivity index (χ0) is 19.5. The molecule has 1 heteroatoms. The van der Waals surface area contributed by atoms with Crippen molar-refractivity contribution in [3.63, 3.8) is 0 Å². The molecule has 2 rings (SSSR count). The lowest BCUT2D eigenvalue weighted by molar-refractivity contribution is -0.0134. The molecule has 5 atom stereocenters. The number of unbranched alkanes of at least 4 members (excludes halogenated alkanes) is 7. The first kappa shape index (κ1) is 23.2. The van der Waals surface area contributed by atoms with E-state index in [0.29, 0.717) is 5.54 Å². The SMILES string of the molecule is CCCCCCC1C2CCCCC2NC(C)(CCCCCC)C1CCCC. The maximum Gasteiger partial charge on any atom is 0.0186 e. The average Bonchev–Trinajstić information content (AvgIpc) is 2.67. The highest BCUT2D eigenvalue weighted by atomic mass is 15.0. The first-order valence-electron chi connectivity index (χ1n) is 12.9. The molecule has 1 nitrogen and oxygen atoms in total. The van der Waals surface area contributed by atoms with E-state index >= 15 is 0 Å². The van der Waals surface area contributed by atoms with Gasteiger partial charge in [0.25, 0.3) is 0 Å². The molecule has 1 aliphatic carbocycles. The summed E-state index contributed by atoms with van der Waals surface area (Å²) in [6.45, 7) is 9.69. The molecule has 0 aromatic carbocycles. The highest BCUT2D eigenvalue weighted by Crippen LogP contribution is 2.49. The Kier molecular flexibility index (Phi) is 10.8. The zero-order valence-corrected chi connectivity index (χ0v) is 19.3. The Balaban J connectivity index is 2.11. The van der Waals surface area contributed by atoms with Crippen LogP contribution in [0, 0.1) is 17.8 Å². The molecular weight excluding hydrogens is 326 g/mol. The smallest absolute Gasteiger partial charge is 0.0186 e. The van der Waals surface area contributed by atoms with Crippen molar-refractivity contribution < 1.29 is 0 Å². The van der Waals surface area contributed by atoms with Crippen molar-refractivity contribution in [3.05, 3.63) is 0 Å². The number of nitrogens with one attached hydrogen (secondary N) is 1. The highest BCUT2D eigenvalue weighted by Gasteiger charge is 2.49. The Labute approximate surface area is 171 Å². The van der Waals surface area contributed by atoms with Crippen LogP contribution in [-0.4, -0.2) is 11.6 Å². The molecule has 2 aliphatic rings. The lowest BCUT2D eigenvalue weighted by atomic mass is 9.58. The molecule has 1 aliphatic heterocycles. The van der Waals surface area contributed by atoms with Gasteiger partial charge in [-0.3, -0.25) is 0 Å². The molecule has 27 heavy (non-hydrogen) atoms. The van der Waals surface area contributed by atoms with Crippen molar-refractivity contribution in [1.82, 2.24) is 5.32 Å². The lowest BCUT2D eigenvalue weighted by Crippen LogP contribution is -2.64. The summed E-state index contributed by atoms with van der Waals surface area (Å²) in [5, 5.41) is 4.30. The number of rotatable bonds is 13. The van der Waals surface area contributed by atoms with Gasteiger partial charge in [-0.25, -0.2) is 0 Å². The fourth-order valence-electron chi connectivity index (χ4n) is 6.51. The highest BCUT2D eigenvalue weighted by molar-refractivity contribution is 5.05. The summed E-state index contributed by atoms with van der Waals surface area (Å²) in [7, 11) is 0. The van der Waals surface area contributed by atoms with Gasteiger partial charge < -0.3 is 5.32 Å². The summed E-state index contributed by atoms with van der Waals surface area (Å²) in [6.07, 6.45) is 24.5. The molecule has 0 aromatic rings. The zero-order valence-electron chi connectivity index (χ0n) is 19.3. The maximum atomic E-state index is 4.30. The molecule has 0 spiro atoms. The van der Waals surface area contributed by atoms with Crippen LogP contribution in [0.4, 0.5) is 0 Å². The van der Waals surface area contributed by atoms with Crippen LogP contribution in [0.2, 0.25) is 0 Å². The van der Waals surface area contributed by atoms with E-state index in [2.05, 4.69) is 33.0 Å². The van der Waals surface area contributed by atoms with Gasteiger partial charge in [-0.15, -0.1) is 0 Å². The molecule has 0 radical (unpaired) electrons. The van der Waals surface area contributed by atoms with E-state index in [4.69, 9.17) is 0 Å². The van der Waals surface area contributed by atoms with Gasteiger partial charge in [0.15, 0.2) is 0 Å². The monoisotopic (exact) mass is 377 g/mol.